The molecule has 5 nitrogen and oxygen atoms in total. The molecule has 1 unspecified atom stereocenters. The molecule has 0 aliphatic carbocycles. The summed E-state index contributed by atoms with van der Waals surface area (Å²) in [7, 11) is 0. The number of ether oxygens (including phenoxy) is 1. The smallest absolute Gasteiger partial charge is 0.412 e. The lowest BCUT2D eigenvalue weighted by Crippen LogP contribution is -2.28. The molecule has 0 radical (unpaired) electrons. The van der Waals surface area contributed by atoms with Crippen molar-refractivity contribution < 1.29 is 14.6 Å². The van der Waals surface area contributed by atoms with Gasteiger partial charge in [-0.15, -0.1) is 0 Å². The van der Waals surface area contributed by atoms with E-state index in [1.165, 1.54) is 0 Å². The summed E-state index contributed by atoms with van der Waals surface area (Å²) in [4.78, 5) is 11.7. The van der Waals surface area contributed by atoms with Crippen LogP contribution in [0.15, 0.2) is 18.2 Å². The fourth-order valence-corrected chi connectivity index (χ4v) is 1.64. The zero-order valence-corrected chi connectivity index (χ0v) is 12.0. The lowest BCUT2D eigenvalue weighted by molar-refractivity contribution is 0.0635. The number of amides is 1. The Balaban J connectivity index is 2.91. The maximum Gasteiger partial charge on any atom is 0.412 e. The van der Waals surface area contributed by atoms with Gasteiger partial charge in [-0.2, -0.15) is 0 Å². The van der Waals surface area contributed by atoms with Gasteiger partial charge in [-0.3, -0.25) is 5.32 Å². The van der Waals surface area contributed by atoms with Crippen LogP contribution in [0.1, 0.15) is 32.4 Å². The van der Waals surface area contributed by atoms with Gasteiger partial charge in [0.25, 0.3) is 0 Å². The summed E-state index contributed by atoms with van der Waals surface area (Å²) < 4.78 is 5.14. The van der Waals surface area contributed by atoms with Crippen LogP contribution >= 0.6 is 11.6 Å². The molecule has 0 aliphatic heterocycles. The molecule has 0 aliphatic rings. The van der Waals surface area contributed by atoms with Crippen molar-refractivity contribution in [3.05, 3.63) is 28.8 Å². The molecule has 19 heavy (non-hydrogen) atoms. The second kappa shape index (κ2) is 6.23. The molecule has 0 bridgehead atoms. The third kappa shape index (κ3) is 5.06. The lowest BCUT2D eigenvalue weighted by atomic mass is 10.1. The summed E-state index contributed by atoms with van der Waals surface area (Å²) in [5.74, 6) is 0. The van der Waals surface area contributed by atoms with Crippen LogP contribution in [0.5, 0.6) is 0 Å². The van der Waals surface area contributed by atoms with Crippen molar-refractivity contribution >= 4 is 23.4 Å². The third-order valence-electron chi connectivity index (χ3n) is 2.23. The van der Waals surface area contributed by atoms with Crippen molar-refractivity contribution in [1.82, 2.24) is 0 Å². The Morgan fingerprint density at radius 2 is 2.16 bits per heavy atom. The second-order valence-corrected chi connectivity index (χ2v) is 5.55. The molecule has 106 valence electrons. The van der Waals surface area contributed by atoms with Gasteiger partial charge in [0.15, 0.2) is 0 Å². The Morgan fingerprint density at radius 3 is 2.68 bits per heavy atom. The van der Waals surface area contributed by atoms with Crippen molar-refractivity contribution in [3.8, 4) is 0 Å². The van der Waals surface area contributed by atoms with Gasteiger partial charge in [-0.05, 0) is 39.0 Å². The molecule has 1 amide bonds. The predicted octanol–water partition coefficient (Wildman–Crippen LogP) is 2.68. The minimum Gasteiger partial charge on any atom is -0.444 e. The Hall–Kier alpha value is -1.30. The van der Waals surface area contributed by atoms with Crippen LogP contribution in [0.2, 0.25) is 5.02 Å². The van der Waals surface area contributed by atoms with E-state index in [1.807, 2.05) is 0 Å². The van der Waals surface area contributed by atoms with E-state index >= 15 is 0 Å². The van der Waals surface area contributed by atoms with Crippen molar-refractivity contribution in [2.75, 3.05) is 11.9 Å². The summed E-state index contributed by atoms with van der Waals surface area (Å²) in [5, 5.41) is 12.8. The Labute approximate surface area is 117 Å². The van der Waals surface area contributed by atoms with Gasteiger partial charge >= 0.3 is 6.09 Å². The number of hydrogen-bond acceptors (Lipinski definition) is 4. The summed E-state index contributed by atoms with van der Waals surface area (Å²) >= 11 is 5.87. The first-order chi connectivity index (χ1) is 8.73. The number of aliphatic hydroxyl groups is 1. The van der Waals surface area contributed by atoms with Crippen LogP contribution in [-0.2, 0) is 4.74 Å². The molecular formula is C13H19ClN2O3. The van der Waals surface area contributed by atoms with Crippen LogP contribution in [0.25, 0.3) is 0 Å². The van der Waals surface area contributed by atoms with Gasteiger partial charge < -0.3 is 15.6 Å². The number of carbonyl (C=O) groups is 1. The average Bonchev–Trinajstić information content (AvgIpc) is 2.28. The SMILES string of the molecule is CC(C)(C)OC(=O)Nc1ccc(Cl)cc1C(O)CN. The van der Waals surface area contributed by atoms with Crippen LogP contribution in [0.4, 0.5) is 10.5 Å². The number of benzene rings is 1. The van der Waals surface area contributed by atoms with Gasteiger partial charge in [0.2, 0.25) is 0 Å². The number of carbonyl (C=O) groups excluding carboxylic acids is 1. The zero-order valence-electron chi connectivity index (χ0n) is 11.2. The van der Waals surface area contributed by atoms with Gasteiger partial charge in [-0.25, -0.2) is 4.79 Å². The zero-order chi connectivity index (χ0) is 14.6. The molecule has 0 saturated heterocycles. The number of nitrogens with one attached hydrogen (secondary N) is 1. The minimum absolute atomic E-state index is 0.0311. The molecule has 1 atom stereocenters. The summed E-state index contributed by atoms with van der Waals surface area (Å²) in [6.07, 6.45) is -1.50. The molecule has 1 aromatic rings. The topological polar surface area (TPSA) is 84.6 Å². The van der Waals surface area contributed by atoms with E-state index in [2.05, 4.69) is 5.32 Å². The summed E-state index contributed by atoms with van der Waals surface area (Å²) in [6.45, 7) is 5.33. The standard InChI is InChI=1S/C13H19ClN2O3/c1-13(2,3)19-12(18)16-10-5-4-8(14)6-9(10)11(17)7-15/h4-6,11,17H,7,15H2,1-3H3,(H,16,18). The van der Waals surface area contributed by atoms with Crippen LogP contribution < -0.4 is 11.1 Å². The average molecular weight is 287 g/mol. The second-order valence-electron chi connectivity index (χ2n) is 5.11. The molecule has 0 saturated carbocycles. The Kier molecular flexibility index (Phi) is 5.17. The van der Waals surface area contributed by atoms with Crippen LogP contribution in [-0.4, -0.2) is 23.3 Å². The fourth-order valence-electron chi connectivity index (χ4n) is 1.46. The normalized spacial score (nSPS) is 12.9. The third-order valence-corrected chi connectivity index (χ3v) is 2.47. The number of aliphatic hydroxyl groups excluding tert-OH is 1. The van der Waals surface area contributed by atoms with Crippen molar-refractivity contribution in [1.29, 1.82) is 0 Å². The highest BCUT2D eigenvalue weighted by atomic mass is 35.5. The maximum atomic E-state index is 11.7. The van der Waals surface area contributed by atoms with Crippen LogP contribution in [0, 0.1) is 0 Å². The lowest BCUT2D eigenvalue weighted by Gasteiger charge is -2.21. The van der Waals surface area contributed by atoms with E-state index < -0.39 is 17.8 Å². The molecular weight excluding hydrogens is 268 g/mol. The molecule has 1 aromatic carbocycles. The van der Waals surface area contributed by atoms with Gasteiger partial charge in [0, 0.05) is 22.8 Å². The highest BCUT2D eigenvalue weighted by molar-refractivity contribution is 6.30. The highest BCUT2D eigenvalue weighted by Gasteiger charge is 2.19. The quantitative estimate of drug-likeness (QED) is 0.797. The number of anilines is 1. The molecule has 0 spiro atoms. The van der Waals surface area contributed by atoms with E-state index in [9.17, 15) is 9.90 Å². The number of hydrogen-bond donors (Lipinski definition) is 3. The fraction of sp³-hybridized carbons (Fsp3) is 0.462. The summed E-state index contributed by atoms with van der Waals surface area (Å²) in [5.41, 5.74) is 5.71. The van der Waals surface area contributed by atoms with Gasteiger partial charge in [-0.1, -0.05) is 11.6 Å². The van der Waals surface area contributed by atoms with Crippen molar-refractivity contribution in [2.45, 2.75) is 32.5 Å². The van der Waals surface area contributed by atoms with Crippen molar-refractivity contribution in [3.63, 3.8) is 0 Å². The Bertz CT molecular complexity index is 458. The minimum atomic E-state index is -0.899. The molecule has 0 aromatic heterocycles. The van der Waals surface area contributed by atoms with Crippen LogP contribution in [0.3, 0.4) is 0 Å². The predicted molar refractivity (Wildman–Crippen MR) is 75.3 cm³/mol. The highest BCUT2D eigenvalue weighted by Crippen LogP contribution is 2.26. The first-order valence-electron chi connectivity index (χ1n) is 5.90. The first kappa shape index (κ1) is 15.8. The van der Waals surface area contributed by atoms with Crippen molar-refractivity contribution in [2.24, 2.45) is 5.73 Å². The number of nitrogens with two attached hydrogens (primary N) is 1. The van der Waals surface area contributed by atoms with Gasteiger partial charge in [0.05, 0.1) is 6.10 Å². The number of halogens is 1. The molecule has 0 fully saturated rings. The summed E-state index contributed by atoms with van der Waals surface area (Å²) in [6, 6.07) is 4.77. The monoisotopic (exact) mass is 286 g/mol. The van der Waals surface area contributed by atoms with E-state index in [4.69, 9.17) is 22.1 Å². The largest absolute Gasteiger partial charge is 0.444 e. The molecule has 0 heterocycles. The Morgan fingerprint density at radius 1 is 1.53 bits per heavy atom. The van der Waals surface area contributed by atoms with Gasteiger partial charge in [0.1, 0.15) is 5.60 Å². The molecule has 4 N–H and O–H groups in total. The number of rotatable bonds is 3. The van der Waals surface area contributed by atoms with E-state index in [1.54, 1.807) is 39.0 Å². The van der Waals surface area contributed by atoms with E-state index in [0.717, 1.165) is 0 Å². The van der Waals surface area contributed by atoms with E-state index in [-0.39, 0.29) is 6.54 Å². The molecule has 1 rings (SSSR count). The molecule has 6 heteroatoms. The van der Waals surface area contributed by atoms with E-state index in [0.29, 0.717) is 16.3 Å². The first-order valence-corrected chi connectivity index (χ1v) is 6.28. The maximum absolute atomic E-state index is 11.7.